The van der Waals surface area contributed by atoms with Gasteiger partial charge >= 0.3 is 6.16 Å². The summed E-state index contributed by atoms with van der Waals surface area (Å²) in [5.74, 6) is 0. The minimum absolute atomic E-state index is 0.0583. The van der Waals surface area contributed by atoms with Crippen LogP contribution in [0.2, 0.25) is 0 Å². The Bertz CT molecular complexity index is 232. The Kier molecular flexibility index (Phi) is 6.18. The van der Waals surface area contributed by atoms with Gasteiger partial charge < -0.3 is 9.47 Å². The summed E-state index contributed by atoms with van der Waals surface area (Å²) >= 11 is 0. The molecule has 0 radical (unpaired) electrons. The smallest absolute Gasteiger partial charge is 0.430 e. The lowest BCUT2D eigenvalue weighted by atomic mass is 9.87. The van der Waals surface area contributed by atoms with Gasteiger partial charge in [-0.2, -0.15) is 0 Å². The molecule has 0 fully saturated rings. The number of hydrogen-bond donors (Lipinski definition) is 0. The maximum absolute atomic E-state index is 11.8. The van der Waals surface area contributed by atoms with Crippen molar-refractivity contribution >= 4 is 6.16 Å². The molecule has 0 saturated carbocycles. The van der Waals surface area contributed by atoms with Crippen molar-refractivity contribution in [2.24, 2.45) is 10.8 Å². The van der Waals surface area contributed by atoms with E-state index in [0.29, 0.717) is 0 Å². The van der Waals surface area contributed by atoms with E-state index in [1.165, 1.54) is 0 Å². The maximum atomic E-state index is 11.8. The van der Waals surface area contributed by atoms with Crippen molar-refractivity contribution in [1.29, 1.82) is 0 Å². The highest BCUT2D eigenvalue weighted by molar-refractivity contribution is 5.60. The van der Waals surface area contributed by atoms with E-state index in [1.807, 2.05) is 13.8 Å². The fourth-order valence-corrected chi connectivity index (χ4v) is 2.01. The molecule has 3 heteroatoms. The van der Waals surface area contributed by atoms with Crippen LogP contribution in [-0.4, -0.2) is 18.4 Å². The molecule has 0 amide bonds. The van der Waals surface area contributed by atoms with Gasteiger partial charge in [0, 0.05) is 0 Å². The molecule has 0 rings (SSSR count). The molecule has 0 aromatic heterocycles. The number of rotatable bonds is 4. The molecule has 0 N–H and O–H groups in total. The largest absolute Gasteiger partial charge is 0.508 e. The fraction of sp³-hybridized carbons (Fsp3) is 0.933. The predicted molar refractivity (Wildman–Crippen MR) is 74.6 cm³/mol. The molecular formula is C15H30O3. The maximum Gasteiger partial charge on any atom is 0.508 e. The third-order valence-corrected chi connectivity index (χ3v) is 3.15. The average molecular weight is 258 g/mol. The molecule has 108 valence electrons. The molecule has 0 aliphatic heterocycles. The van der Waals surface area contributed by atoms with Crippen LogP contribution in [0.1, 0.15) is 68.2 Å². The third-order valence-electron chi connectivity index (χ3n) is 3.15. The number of carbonyl (C=O) groups excluding carboxylic acids is 1. The minimum Gasteiger partial charge on any atom is -0.430 e. The van der Waals surface area contributed by atoms with Crippen LogP contribution < -0.4 is 0 Å². The molecular weight excluding hydrogens is 228 g/mol. The van der Waals surface area contributed by atoms with Crippen LogP contribution in [0.25, 0.3) is 0 Å². The molecule has 0 saturated heterocycles. The second-order valence-corrected chi connectivity index (χ2v) is 7.01. The molecule has 0 bridgehead atoms. The highest BCUT2D eigenvalue weighted by Gasteiger charge is 2.31. The summed E-state index contributed by atoms with van der Waals surface area (Å²) in [4.78, 5) is 11.8. The van der Waals surface area contributed by atoms with E-state index in [9.17, 15) is 4.79 Å². The van der Waals surface area contributed by atoms with Gasteiger partial charge in [0.1, 0.15) is 12.2 Å². The zero-order chi connectivity index (χ0) is 14.6. The molecule has 0 aliphatic carbocycles. The van der Waals surface area contributed by atoms with Gasteiger partial charge in [-0.25, -0.2) is 4.79 Å². The van der Waals surface area contributed by atoms with Gasteiger partial charge in [0.15, 0.2) is 0 Å². The second kappa shape index (κ2) is 6.44. The molecule has 3 nitrogen and oxygen atoms in total. The van der Waals surface area contributed by atoms with Crippen LogP contribution in [0, 0.1) is 10.8 Å². The highest BCUT2D eigenvalue weighted by Crippen LogP contribution is 2.28. The predicted octanol–water partition coefficient (Wildman–Crippen LogP) is 4.79. The molecule has 18 heavy (non-hydrogen) atoms. The Hall–Kier alpha value is -0.730. The van der Waals surface area contributed by atoms with E-state index in [-0.39, 0.29) is 23.0 Å². The normalized spacial score (nSPS) is 16.0. The van der Waals surface area contributed by atoms with E-state index < -0.39 is 6.16 Å². The van der Waals surface area contributed by atoms with E-state index >= 15 is 0 Å². The van der Waals surface area contributed by atoms with Crippen LogP contribution in [0.4, 0.5) is 4.79 Å². The lowest BCUT2D eigenvalue weighted by Gasteiger charge is -2.32. The van der Waals surface area contributed by atoms with E-state index in [1.54, 1.807) is 0 Å². The zero-order valence-electron chi connectivity index (χ0n) is 13.3. The standard InChI is InChI=1S/C15H30O3/c1-9-11(14(3,4)5)17-13(16)18-12(10-2)15(6,7)8/h11-12H,9-10H2,1-8H3. The Morgan fingerprint density at radius 2 is 1.11 bits per heavy atom. The van der Waals surface area contributed by atoms with E-state index in [0.717, 1.165) is 12.8 Å². The van der Waals surface area contributed by atoms with Crippen molar-refractivity contribution in [2.75, 3.05) is 0 Å². The zero-order valence-corrected chi connectivity index (χ0v) is 13.3. The van der Waals surface area contributed by atoms with Gasteiger partial charge in [-0.3, -0.25) is 0 Å². The Labute approximate surface area is 112 Å². The average Bonchev–Trinajstić information content (AvgIpc) is 2.19. The first-order valence-electron chi connectivity index (χ1n) is 6.89. The molecule has 0 spiro atoms. The van der Waals surface area contributed by atoms with E-state index in [4.69, 9.17) is 9.47 Å². The number of hydrogen-bond acceptors (Lipinski definition) is 3. The summed E-state index contributed by atoms with van der Waals surface area (Å²) in [7, 11) is 0. The van der Waals surface area contributed by atoms with Crippen molar-refractivity contribution in [1.82, 2.24) is 0 Å². The van der Waals surface area contributed by atoms with Crippen LogP contribution in [-0.2, 0) is 9.47 Å². The summed E-state index contributed by atoms with van der Waals surface area (Å²) < 4.78 is 10.9. The Morgan fingerprint density at radius 1 is 0.833 bits per heavy atom. The highest BCUT2D eigenvalue weighted by atomic mass is 16.7. The lowest BCUT2D eigenvalue weighted by molar-refractivity contribution is -0.0570. The summed E-state index contributed by atoms with van der Waals surface area (Å²) in [5.41, 5.74) is -0.117. The molecule has 0 heterocycles. The van der Waals surface area contributed by atoms with Crippen LogP contribution in [0.5, 0.6) is 0 Å². The van der Waals surface area contributed by atoms with Crippen LogP contribution in [0.3, 0.4) is 0 Å². The van der Waals surface area contributed by atoms with Crippen molar-refractivity contribution in [3.63, 3.8) is 0 Å². The molecule has 2 unspecified atom stereocenters. The molecule has 0 aliphatic rings. The summed E-state index contributed by atoms with van der Waals surface area (Å²) in [6, 6.07) is 0. The summed E-state index contributed by atoms with van der Waals surface area (Å²) in [6.07, 6.45) is 0.832. The van der Waals surface area contributed by atoms with Gasteiger partial charge in [0.2, 0.25) is 0 Å². The fourth-order valence-electron chi connectivity index (χ4n) is 2.01. The summed E-state index contributed by atoms with van der Waals surface area (Å²) in [6.45, 7) is 16.4. The number of ether oxygens (including phenoxy) is 2. The van der Waals surface area contributed by atoms with Crippen molar-refractivity contribution < 1.29 is 14.3 Å². The van der Waals surface area contributed by atoms with Crippen molar-refractivity contribution in [3.8, 4) is 0 Å². The Morgan fingerprint density at radius 3 is 1.28 bits per heavy atom. The third kappa shape index (κ3) is 5.74. The minimum atomic E-state index is -0.543. The van der Waals surface area contributed by atoms with Gasteiger partial charge in [-0.1, -0.05) is 55.4 Å². The first kappa shape index (κ1) is 17.3. The molecule has 2 atom stereocenters. The van der Waals surface area contributed by atoms with Gasteiger partial charge in [-0.15, -0.1) is 0 Å². The Balaban J connectivity index is 4.50. The van der Waals surface area contributed by atoms with Crippen molar-refractivity contribution in [3.05, 3.63) is 0 Å². The van der Waals surface area contributed by atoms with Crippen molar-refractivity contribution in [2.45, 2.75) is 80.4 Å². The first-order chi connectivity index (χ1) is 8.02. The van der Waals surface area contributed by atoms with Gasteiger partial charge in [-0.05, 0) is 23.7 Å². The SMILES string of the molecule is CCC(OC(=O)OC(CC)C(C)(C)C)C(C)(C)C. The van der Waals surface area contributed by atoms with Crippen LogP contribution in [0.15, 0.2) is 0 Å². The molecule has 0 aromatic carbocycles. The van der Waals surface area contributed by atoms with Gasteiger partial charge in [0.05, 0.1) is 0 Å². The van der Waals surface area contributed by atoms with Crippen LogP contribution >= 0.6 is 0 Å². The quantitative estimate of drug-likeness (QED) is 0.680. The summed E-state index contributed by atoms with van der Waals surface area (Å²) in [5, 5.41) is 0. The monoisotopic (exact) mass is 258 g/mol. The topological polar surface area (TPSA) is 35.5 Å². The van der Waals surface area contributed by atoms with Gasteiger partial charge in [0.25, 0.3) is 0 Å². The number of carbonyl (C=O) groups is 1. The second-order valence-electron chi connectivity index (χ2n) is 7.01. The van der Waals surface area contributed by atoms with E-state index in [2.05, 4.69) is 41.5 Å². The molecule has 0 aromatic rings. The lowest BCUT2D eigenvalue weighted by Crippen LogP contribution is -2.35. The first-order valence-corrected chi connectivity index (χ1v) is 6.89.